The van der Waals surface area contributed by atoms with Crippen molar-refractivity contribution in [1.82, 2.24) is 0 Å². The molecule has 1 nitrogen and oxygen atoms in total. The summed E-state index contributed by atoms with van der Waals surface area (Å²) in [6, 6.07) is 8.43. The van der Waals surface area contributed by atoms with Gasteiger partial charge in [-0.05, 0) is 29.9 Å². The molecule has 68 valence electrons. The Morgan fingerprint density at radius 3 is 2.08 bits per heavy atom. The van der Waals surface area contributed by atoms with Crippen LogP contribution in [-0.4, -0.2) is 10.7 Å². The fourth-order valence-corrected chi connectivity index (χ4v) is 2.53. The second-order valence-electron chi connectivity index (χ2n) is 4.50. The SMILES string of the molecule is OC1(C2CC2)Cc2ccccc2C1. The van der Waals surface area contributed by atoms with Gasteiger partial charge in [-0.3, -0.25) is 0 Å². The maximum Gasteiger partial charge on any atom is 0.0756 e. The third-order valence-corrected chi connectivity index (χ3v) is 3.45. The fourth-order valence-electron chi connectivity index (χ4n) is 2.53. The molecule has 0 saturated heterocycles. The van der Waals surface area contributed by atoms with Crippen LogP contribution in [0.3, 0.4) is 0 Å². The van der Waals surface area contributed by atoms with Gasteiger partial charge in [-0.2, -0.15) is 0 Å². The zero-order valence-electron chi connectivity index (χ0n) is 7.66. The lowest BCUT2D eigenvalue weighted by Gasteiger charge is -2.21. The Labute approximate surface area is 78.4 Å². The zero-order valence-corrected chi connectivity index (χ0v) is 7.66. The van der Waals surface area contributed by atoms with E-state index in [9.17, 15) is 5.11 Å². The quantitative estimate of drug-likeness (QED) is 0.689. The van der Waals surface area contributed by atoms with E-state index >= 15 is 0 Å². The van der Waals surface area contributed by atoms with E-state index in [1.165, 1.54) is 24.0 Å². The van der Waals surface area contributed by atoms with E-state index in [1.54, 1.807) is 0 Å². The van der Waals surface area contributed by atoms with Crippen molar-refractivity contribution in [2.24, 2.45) is 5.92 Å². The smallest absolute Gasteiger partial charge is 0.0756 e. The first-order valence-corrected chi connectivity index (χ1v) is 5.07. The number of benzene rings is 1. The summed E-state index contributed by atoms with van der Waals surface area (Å²) in [5.41, 5.74) is 2.33. The predicted octanol–water partition coefficient (Wildman–Crippen LogP) is 1.93. The third-order valence-electron chi connectivity index (χ3n) is 3.45. The molecule has 1 fully saturated rings. The molecule has 0 aliphatic heterocycles. The minimum atomic E-state index is -0.385. The van der Waals surface area contributed by atoms with Gasteiger partial charge in [0, 0.05) is 12.8 Å². The Kier molecular flexibility index (Phi) is 1.37. The van der Waals surface area contributed by atoms with Gasteiger partial charge in [-0.15, -0.1) is 0 Å². The van der Waals surface area contributed by atoms with Crippen molar-refractivity contribution in [1.29, 1.82) is 0 Å². The maximum absolute atomic E-state index is 10.4. The number of rotatable bonds is 1. The monoisotopic (exact) mass is 174 g/mol. The molecule has 0 bridgehead atoms. The Hall–Kier alpha value is -0.820. The van der Waals surface area contributed by atoms with Gasteiger partial charge in [0.05, 0.1) is 5.60 Å². The summed E-state index contributed by atoms with van der Waals surface area (Å²) >= 11 is 0. The van der Waals surface area contributed by atoms with Gasteiger partial charge in [0.25, 0.3) is 0 Å². The molecule has 0 heterocycles. The van der Waals surface area contributed by atoms with E-state index in [4.69, 9.17) is 0 Å². The topological polar surface area (TPSA) is 20.2 Å². The largest absolute Gasteiger partial charge is 0.389 e. The molecule has 0 radical (unpaired) electrons. The van der Waals surface area contributed by atoms with Crippen molar-refractivity contribution in [3.8, 4) is 0 Å². The summed E-state index contributed by atoms with van der Waals surface area (Å²) in [5, 5.41) is 10.4. The molecule has 1 aromatic rings. The Balaban J connectivity index is 1.96. The lowest BCUT2D eigenvalue weighted by molar-refractivity contribution is 0.0283. The van der Waals surface area contributed by atoms with Crippen LogP contribution in [0.4, 0.5) is 0 Å². The minimum absolute atomic E-state index is 0.385. The predicted molar refractivity (Wildman–Crippen MR) is 51.5 cm³/mol. The van der Waals surface area contributed by atoms with Gasteiger partial charge in [0.15, 0.2) is 0 Å². The zero-order chi connectivity index (χ0) is 8.89. The molecule has 1 saturated carbocycles. The molecule has 0 amide bonds. The van der Waals surface area contributed by atoms with Gasteiger partial charge in [-0.25, -0.2) is 0 Å². The van der Waals surface area contributed by atoms with E-state index < -0.39 is 0 Å². The van der Waals surface area contributed by atoms with Gasteiger partial charge >= 0.3 is 0 Å². The first kappa shape index (κ1) is 7.57. The summed E-state index contributed by atoms with van der Waals surface area (Å²) in [6.45, 7) is 0. The lowest BCUT2D eigenvalue weighted by atomic mass is 9.94. The van der Waals surface area contributed by atoms with Crippen LogP contribution in [0.2, 0.25) is 0 Å². The summed E-state index contributed by atoms with van der Waals surface area (Å²) < 4.78 is 0. The van der Waals surface area contributed by atoms with Crippen molar-refractivity contribution >= 4 is 0 Å². The summed E-state index contributed by atoms with van der Waals surface area (Å²) in [7, 11) is 0. The van der Waals surface area contributed by atoms with E-state index in [1.807, 2.05) is 0 Å². The Bertz CT molecular complexity index is 314. The standard InChI is InChI=1S/C12H14O/c13-12(11-5-6-11)7-9-3-1-2-4-10(9)8-12/h1-4,11,13H,5-8H2. The molecule has 2 aliphatic rings. The van der Waals surface area contributed by atoms with Crippen molar-refractivity contribution < 1.29 is 5.11 Å². The van der Waals surface area contributed by atoms with Crippen LogP contribution in [0.1, 0.15) is 24.0 Å². The van der Waals surface area contributed by atoms with Crippen LogP contribution in [0.15, 0.2) is 24.3 Å². The molecule has 1 heteroatoms. The van der Waals surface area contributed by atoms with E-state index in [0.717, 1.165) is 12.8 Å². The summed E-state index contributed by atoms with van der Waals surface area (Å²) in [5.74, 6) is 0.583. The van der Waals surface area contributed by atoms with Crippen LogP contribution in [0.5, 0.6) is 0 Å². The molecular weight excluding hydrogens is 160 g/mol. The summed E-state index contributed by atoms with van der Waals surface area (Å²) in [6.07, 6.45) is 4.22. The van der Waals surface area contributed by atoms with Crippen LogP contribution in [-0.2, 0) is 12.8 Å². The Morgan fingerprint density at radius 1 is 1.08 bits per heavy atom. The van der Waals surface area contributed by atoms with Gasteiger partial charge in [0.1, 0.15) is 0 Å². The Morgan fingerprint density at radius 2 is 1.62 bits per heavy atom. The number of hydrogen-bond donors (Lipinski definition) is 1. The van der Waals surface area contributed by atoms with E-state index in [0.29, 0.717) is 5.92 Å². The second-order valence-corrected chi connectivity index (χ2v) is 4.50. The van der Waals surface area contributed by atoms with Gasteiger partial charge in [0.2, 0.25) is 0 Å². The highest BCUT2D eigenvalue weighted by molar-refractivity contribution is 5.36. The summed E-state index contributed by atoms with van der Waals surface area (Å²) in [4.78, 5) is 0. The molecule has 1 aromatic carbocycles. The highest BCUT2D eigenvalue weighted by Gasteiger charge is 2.47. The molecule has 1 N–H and O–H groups in total. The van der Waals surface area contributed by atoms with Crippen molar-refractivity contribution in [2.45, 2.75) is 31.3 Å². The van der Waals surface area contributed by atoms with Crippen LogP contribution in [0, 0.1) is 5.92 Å². The normalized spacial score (nSPS) is 24.4. The van der Waals surface area contributed by atoms with Crippen LogP contribution >= 0.6 is 0 Å². The van der Waals surface area contributed by atoms with Crippen molar-refractivity contribution in [2.75, 3.05) is 0 Å². The molecule has 0 atom stereocenters. The minimum Gasteiger partial charge on any atom is -0.389 e. The average Bonchev–Trinajstić information content (AvgIpc) is 2.88. The maximum atomic E-state index is 10.4. The highest BCUT2D eigenvalue weighted by Crippen LogP contribution is 2.46. The third kappa shape index (κ3) is 1.11. The van der Waals surface area contributed by atoms with E-state index in [-0.39, 0.29) is 5.60 Å². The van der Waals surface area contributed by atoms with Crippen LogP contribution in [0.25, 0.3) is 0 Å². The van der Waals surface area contributed by atoms with Crippen molar-refractivity contribution in [3.05, 3.63) is 35.4 Å². The molecule has 0 spiro atoms. The number of hydrogen-bond acceptors (Lipinski definition) is 1. The molecule has 0 unspecified atom stereocenters. The molecule has 0 aromatic heterocycles. The number of fused-ring (bicyclic) bond motifs is 1. The molecule has 13 heavy (non-hydrogen) atoms. The average molecular weight is 174 g/mol. The molecular formula is C12H14O. The van der Waals surface area contributed by atoms with Crippen LogP contribution < -0.4 is 0 Å². The van der Waals surface area contributed by atoms with Gasteiger partial charge < -0.3 is 5.11 Å². The lowest BCUT2D eigenvalue weighted by Crippen LogP contribution is -2.31. The first-order valence-electron chi connectivity index (χ1n) is 5.07. The van der Waals surface area contributed by atoms with E-state index in [2.05, 4.69) is 24.3 Å². The van der Waals surface area contributed by atoms with Gasteiger partial charge in [-0.1, -0.05) is 24.3 Å². The first-order chi connectivity index (χ1) is 6.28. The highest BCUT2D eigenvalue weighted by atomic mass is 16.3. The molecule has 3 rings (SSSR count). The number of aliphatic hydroxyl groups is 1. The van der Waals surface area contributed by atoms with Crippen molar-refractivity contribution in [3.63, 3.8) is 0 Å². The molecule has 2 aliphatic carbocycles. The fraction of sp³-hybridized carbons (Fsp3) is 0.500. The second kappa shape index (κ2) is 2.36.